The Labute approximate surface area is 163 Å². The lowest BCUT2D eigenvalue weighted by Gasteiger charge is -2.23. The number of rotatable bonds is 5. The maximum atomic E-state index is 12.9. The summed E-state index contributed by atoms with van der Waals surface area (Å²) >= 11 is 0. The zero-order valence-corrected chi connectivity index (χ0v) is 15.4. The molecule has 1 amide bonds. The molecule has 0 radical (unpaired) electrons. The third kappa shape index (κ3) is 3.57. The van der Waals surface area contributed by atoms with Crippen molar-refractivity contribution in [3.8, 4) is 5.75 Å². The molecule has 6 nitrogen and oxygen atoms in total. The van der Waals surface area contributed by atoms with Crippen molar-refractivity contribution in [3.05, 3.63) is 84.6 Å². The maximum absolute atomic E-state index is 12.9. The maximum Gasteiger partial charge on any atom is 0.273 e. The van der Waals surface area contributed by atoms with Crippen LogP contribution in [0.2, 0.25) is 0 Å². The molecule has 1 aliphatic heterocycles. The first-order valence-corrected chi connectivity index (χ1v) is 9.03. The molecule has 0 fully saturated rings. The van der Waals surface area contributed by atoms with E-state index in [1.807, 2.05) is 53.5 Å². The lowest BCUT2D eigenvalue weighted by molar-refractivity contribution is -0.110. The van der Waals surface area contributed by atoms with Crippen LogP contribution >= 0.6 is 0 Å². The standard InChI is InChI=1S/C22H20N4O2/c1-28-20-13-8-14-23-21(20)24-22(27)18-15-19(16-9-4-2-5-10-16)26(25-18)17-11-6-3-7-12-17/h2-14,19H,15H2,1H3,(H,23,24,27). The molecule has 0 saturated heterocycles. The molecule has 1 unspecified atom stereocenters. The normalized spacial score (nSPS) is 15.8. The SMILES string of the molecule is COc1cccnc1NC(=O)C1=NN(c2ccccc2)C(c2ccccc2)C1. The number of ether oxygens (including phenoxy) is 1. The van der Waals surface area contributed by atoms with Gasteiger partial charge in [-0.15, -0.1) is 0 Å². The van der Waals surface area contributed by atoms with Crippen molar-refractivity contribution < 1.29 is 9.53 Å². The second kappa shape index (κ2) is 7.92. The molecule has 28 heavy (non-hydrogen) atoms. The van der Waals surface area contributed by atoms with E-state index in [1.54, 1.807) is 25.4 Å². The Morgan fingerprint density at radius 1 is 1.04 bits per heavy atom. The number of carbonyl (C=O) groups is 1. The Bertz CT molecular complexity index is 990. The molecule has 0 saturated carbocycles. The van der Waals surface area contributed by atoms with Crippen LogP contribution in [0.4, 0.5) is 11.5 Å². The highest BCUT2D eigenvalue weighted by atomic mass is 16.5. The number of hydrogen-bond donors (Lipinski definition) is 1. The number of pyridine rings is 1. The molecular weight excluding hydrogens is 352 g/mol. The fraction of sp³-hybridized carbons (Fsp3) is 0.136. The predicted molar refractivity (Wildman–Crippen MR) is 110 cm³/mol. The molecule has 1 aromatic heterocycles. The summed E-state index contributed by atoms with van der Waals surface area (Å²) in [5.41, 5.74) is 2.49. The van der Waals surface area contributed by atoms with Crippen molar-refractivity contribution in [2.75, 3.05) is 17.4 Å². The number of amides is 1. The van der Waals surface area contributed by atoms with E-state index in [0.29, 0.717) is 23.7 Å². The number of hydrogen-bond acceptors (Lipinski definition) is 5. The average Bonchev–Trinajstić information content (AvgIpc) is 3.21. The van der Waals surface area contributed by atoms with Crippen LogP contribution in [0, 0.1) is 0 Å². The minimum atomic E-state index is -0.281. The van der Waals surface area contributed by atoms with Gasteiger partial charge in [-0.05, 0) is 29.8 Å². The molecule has 1 aliphatic rings. The van der Waals surface area contributed by atoms with E-state index in [4.69, 9.17) is 4.74 Å². The first-order chi connectivity index (χ1) is 13.8. The Hall–Kier alpha value is -3.67. The minimum Gasteiger partial charge on any atom is -0.493 e. The number of methoxy groups -OCH3 is 1. The Morgan fingerprint density at radius 2 is 1.75 bits per heavy atom. The molecule has 3 aromatic rings. The number of carbonyl (C=O) groups excluding carboxylic acids is 1. The first-order valence-electron chi connectivity index (χ1n) is 9.03. The first kappa shape index (κ1) is 17.7. The molecule has 2 aromatic carbocycles. The van der Waals surface area contributed by atoms with E-state index in [2.05, 4.69) is 27.5 Å². The van der Waals surface area contributed by atoms with Crippen LogP contribution in [0.15, 0.2) is 84.1 Å². The number of hydrazone groups is 1. The van der Waals surface area contributed by atoms with Gasteiger partial charge in [0.1, 0.15) is 5.71 Å². The highest BCUT2D eigenvalue weighted by molar-refractivity contribution is 6.43. The molecule has 0 bridgehead atoms. The van der Waals surface area contributed by atoms with Crippen LogP contribution in [-0.2, 0) is 4.79 Å². The van der Waals surface area contributed by atoms with E-state index < -0.39 is 0 Å². The summed E-state index contributed by atoms with van der Waals surface area (Å²) in [6, 6.07) is 23.4. The quantitative estimate of drug-likeness (QED) is 0.734. The summed E-state index contributed by atoms with van der Waals surface area (Å²) in [6.07, 6.45) is 2.11. The molecule has 1 atom stereocenters. The van der Waals surface area contributed by atoms with Gasteiger partial charge in [-0.25, -0.2) is 4.98 Å². The highest BCUT2D eigenvalue weighted by Crippen LogP contribution is 2.35. The van der Waals surface area contributed by atoms with Gasteiger partial charge in [0.2, 0.25) is 0 Å². The van der Waals surface area contributed by atoms with Crippen LogP contribution in [0.5, 0.6) is 5.75 Å². The fourth-order valence-electron chi connectivity index (χ4n) is 3.23. The summed E-state index contributed by atoms with van der Waals surface area (Å²) < 4.78 is 5.26. The largest absolute Gasteiger partial charge is 0.493 e. The van der Waals surface area contributed by atoms with Crippen LogP contribution in [-0.4, -0.2) is 23.7 Å². The summed E-state index contributed by atoms with van der Waals surface area (Å²) in [5.74, 6) is 0.609. The number of anilines is 2. The van der Waals surface area contributed by atoms with Crippen molar-refractivity contribution in [2.24, 2.45) is 5.10 Å². The van der Waals surface area contributed by atoms with Crippen molar-refractivity contribution in [1.82, 2.24) is 4.98 Å². The van der Waals surface area contributed by atoms with Crippen molar-refractivity contribution >= 4 is 23.1 Å². The number of para-hydroxylation sites is 1. The van der Waals surface area contributed by atoms with Crippen molar-refractivity contribution in [1.29, 1.82) is 0 Å². The highest BCUT2D eigenvalue weighted by Gasteiger charge is 2.32. The molecule has 4 rings (SSSR count). The van der Waals surface area contributed by atoms with Gasteiger partial charge in [0.25, 0.3) is 5.91 Å². The molecule has 140 valence electrons. The second-order valence-corrected chi connectivity index (χ2v) is 6.37. The third-order valence-corrected chi connectivity index (χ3v) is 4.60. The number of nitrogens with zero attached hydrogens (tertiary/aromatic N) is 3. The van der Waals surface area contributed by atoms with Gasteiger partial charge in [-0.1, -0.05) is 48.5 Å². The van der Waals surface area contributed by atoms with Crippen molar-refractivity contribution in [2.45, 2.75) is 12.5 Å². The summed E-state index contributed by atoms with van der Waals surface area (Å²) in [7, 11) is 1.54. The summed E-state index contributed by atoms with van der Waals surface area (Å²) in [6.45, 7) is 0. The summed E-state index contributed by atoms with van der Waals surface area (Å²) in [4.78, 5) is 17.1. The predicted octanol–water partition coefficient (Wildman–Crippen LogP) is 4.04. The molecule has 1 N–H and O–H groups in total. The minimum absolute atomic E-state index is 0.0463. The van der Waals surface area contributed by atoms with Gasteiger partial charge in [0.15, 0.2) is 11.6 Å². The smallest absolute Gasteiger partial charge is 0.273 e. The summed E-state index contributed by atoms with van der Waals surface area (Å²) in [5, 5.41) is 9.35. The van der Waals surface area contributed by atoms with Crippen molar-refractivity contribution in [3.63, 3.8) is 0 Å². The van der Waals surface area contributed by atoms with Crippen LogP contribution in [0.3, 0.4) is 0 Å². The Kier molecular flexibility index (Phi) is 5.01. The van der Waals surface area contributed by atoms with Gasteiger partial charge in [-0.3, -0.25) is 9.80 Å². The Morgan fingerprint density at radius 3 is 2.46 bits per heavy atom. The topological polar surface area (TPSA) is 66.8 Å². The van der Waals surface area contributed by atoms with Gasteiger partial charge in [-0.2, -0.15) is 5.10 Å². The van der Waals surface area contributed by atoms with E-state index in [0.717, 1.165) is 11.3 Å². The zero-order chi connectivity index (χ0) is 19.3. The lowest BCUT2D eigenvalue weighted by Crippen LogP contribution is -2.22. The van der Waals surface area contributed by atoms with Crippen LogP contribution in [0.1, 0.15) is 18.0 Å². The molecule has 6 heteroatoms. The molecule has 2 heterocycles. The van der Waals surface area contributed by atoms with E-state index in [1.165, 1.54) is 0 Å². The zero-order valence-electron chi connectivity index (χ0n) is 15.4. The molecule has 0 aliphatic carbocycles. The lowest BCUT2D eigenvalue weighted by atomic mass is 10.0. The van der Waals surface area contributed by atoms with Gasteiger partial charge in [0, 0.05) is 12.6 Å². The average molecular weight is 372 g/mol. The van der Waals surface area contributed by atoms with E-state index >= 15 is 0 Å². The molecular formula is C22H20N4O2. The fourth-order valence-corrected chi connectivity index (χ4v) is 3.23. The number of nitrogens with one attached hydrogen (secondary N) is 1. The van der Waals surface area contributed by atoms with Crippen LogP contribution in [0.25, 0.3) is 0 Å². The van der Waals surface area contributed by atoms with E-state index in [9.17, 15) is 4.79 Å². The van der Waals surface area contributed by atoms with E-state index in [-0.39, 0.29) is 11.9 Å². The monoisotopic (exact) mass is 372 g/mol. The second-order valence-electron chi connectivity index (χ2n) is 6.37. The van der Waals surface area contributed by atoms with Gasteiger partial charge in [0.05, 0.1) is 18.8 Å². The number of aromatic nitrogens is 1. The van der Waals surface area contributed by atoms with Crippen LogP contribution < -0.4 is 15.1 Å². The van der Waals surface area contributed by atoms with Gasteiger partial charge < -0.3 is 10.1 Å². The van der Waals surface area contributed by atoms with Gasteiger partial charge >= 0.3 is 0 Å². The number of benzene rings is 2. The Balaban J connectivity index is 1.63. The molecule has 0 spiro atoms. The third-order valence-electron chi connectivity index (χ3n) is 4.60.